The molecule has 0 radical (unpaired) electrons. The van der Waals surface area contributed by atoms with Crippen LogP contribution in [0.1, 0.15) is 38.7 Å². The quantitative estimate of drug-likeness (QED) is 0.708. The van der Waals surface area contributed by atoms with E-state index in [0.29, 0.717) is 13.0 Å². The van der Waals surface area contributed by atoms with Crippen molar-refractivity contribution >= 4 is 11.8 Å². The second-order valence-electron chi connectivity index (χ2n) is 6.66. The highest BCUT2D eigenvalue weighted by Crippen LogP contribution is 2.40. The molecule has 2 unspecified atom stereocenters. The Bertz CT molecular complexity index is 565. The van der Waals surface area contributed by atoms with Gasteiger partial charge >= 0.3 is 0 Å². The molecule has 0 saturated heterocycles. The van der Waals surface area contributed by atoms with Crippen molar-refractivity contribution in [3.8, 4) is 5.75 Å². The van der Waals surface area contributed by atoms with Gasteiger partial charge in [0.1, 0.15) is 5.75 Å². The van der Waals surface area contributed by atoms with E-state index in [1.54, 1.807) is 7.11 Å². The van der Waals surface area contributed by atoms with Crippen molar-refractivity contribution in [3.05, 3.63) is 29.8 Å². The number of amides is 2. The fourth-order valence-electron chi connectivity index (χ4n) is 3.12. The van der Waals surface area contributed by atoms with Crippen molar-refractivity contribution in [1.82, 2.24) is 10.2 Å². The molecule has 1 aliphatic rings. The van der Waals surface area contributed by atoms with Crippen LogP contribution in [0.25, 0.3) is 0 Å². The summed E-state index contributed by atoms with van der Waals surface area (Å²) in [5.41, 5.74) is 1.15. The second kappa shape index (κ2) is 9.44. The van der Waals surface area contributed by atoms with Crippen molar-refractivity contribution in [1.29, 1.82) is 0 Å². The monoisotopic (exact) mass is 346 g/mol. The topological polar surface area (TPSA) is 58.6 Å². The Hall–Kier alpha value is -2.04. The maximum absolute atomic E-state index is 12.5. The lowest BCUT2D eigenvalue weighted by Crippen LogP contribution is -2.35. The van der Waals surface area contributed by atoms with Crippen LogP contribution >= 0.6 is 0 Å². The van der Waals surface area contributed by atoms with Crippen molar-refractivity contribution in [3.63, 3.8) is 0 Å². The highest BCUT2D eigenvalue weighted by Gasteiger charge is 2.49. The van der Waals surface area contributed by atoms with Crippen LogP contribution in [0.15, 0.2) is 24.3 Å². The number of hydrogen-bond acceptors (Lipinski definition) is 3. The normalized spacial score (nSPS) is 18.5. The molecule has 5 nitrogen and oxygen atoms in total. The van der Waals surface area contributed by atoms with Gasteiger partial charge in [-0.2, -0.15) is 0 Å². The van der Waals surface area contributed by atoms with Crippen LogP contribution < -0.4 is 10.1 Å². The summed E-state index contributed by atoms with van der Waals surface area (Å²) >= 11 is 0. The van der Waals surface area contributed by atoms with Gasteiger partial charge in [-0.15, -0.1) is 0 Å². The molecule has 1 saturated carbocycles. The van der Waals surface area contributed by atoms with Crippen LogP contribution in [-0.2, 0) is 16.0 Å². The van der Waals surface area contributed by atoms with Gasteiger partial charge in [0.25, 0.3) is 0 Å². The maximum atomic E-state index is 12.5. The Balaban J connectivity index is 1.74. The average Bonchev–Trinajstić information content (AvgIpc) is 3.42. The highest BCUT2D eigenvalue weighted by atomic mass is 16.5. The molecule has 1 N–H and O–H groups in total. The van der Waals surface area contributed by atoms with Gasteiger partial charge in [-0.05, 0) is 43.4 Å². The first-order valence-corrected chi connectivity index (χ1v) is 9.30. The number of nitrogens with zero attached hydrogens (tertiary/aromatic N) is 1. The molecule has 1 aromatic rings. The van der Waals surface area contributed by atoms with Gasteiger partial charge in [-0.3, -0.25) is 9.59 Å². The molecule has 2 atom stereocenters. The third kappa shape index (κ3) is 5.48. The lowest BCUT2D eigenvalue weighted by molar-refractivity contribution is -0.134. The lowest BCUT2D eigenvalue weighted by atomic mass is 10.1. The third-order valence-corrected chi connectivity index (χ3v) is 4.62. The molecule has 0 aliphatic heterocycles. The zero-order valence-electron chi connectivity index (χ0n) is 15.6. The Morgan fingerprint density at radius 3 is 2.32 bits per heavy atom. The summed E-state index contributed by atoms with van der Waals surface area (Å²) in [6, 6.07) is 7.84. The summed E-state index contributed by atoms with van der Waals surface area (Å²) in [6.07, 6.45) is 3.38. The zero-order chi connectivity index (χ0) is 18.2. The molecule has 1 aliphatic carbocycles. The molecule has 1 aromatic carbocycles. The summed E-state index contributed by atoms with van der Waals surface area (Å²) in [5.74, 6) is 0.744. The second-order valence-corrected chi connectivity index (χ2v) is 6.66. The molecule has 0 spiro atoms. The number of rotatable bonds is 10. The molecule has 0 aromatic heterocycles. The molecule has 25 heavy (non-hydrogen) atoms. The molecule has 1 fully saturated rings. The Labute approximate surface area is 150 Å². The van der Waals surface area contributed by atoms with Crippen molar-refractivity contribution < 1.29 is 14.3 Å². The SMILES string of the molecule is CCCN(CCC)C(=O)C1CC1C(=O)NCCc1ccc(OC)cc1. The van der Waals surface area contributed by atoms with E-state index < -0.39 is 0 Å². The largest absolute Gasteiger partial charge is 0.497 e. The van der Waals surface area contributed by atoms with Gasteiger partial charge in [-0.1, -0.05) is 26.0 Å². The van der Waals surface area contributed by atoms with Crippen molar-refractivity contribution in [2.45, 2.75) is 39.5 Å². The van der Waals surface area contributed by atoms with E-state index in [1.807, 2.05) is 29.2 Å². The van der Waals surface area contributed by atoms with E-state index in [1.165, 1.54) is 0 Å². The highest BCUT2D eigenvalue weighted by molar-refractivity contribution is 5.92. The van der Waals surface area contributed by atoms with Crippen LogP contribution in [0.3, 0.4) is 0 Å². The standard InChI is InChI=1S/C20H30N2O3/c1-4-12-22(13-5-2)20(24)18-14-17(18)19(23)21-11-10-15-6-8-16(25-3)9-7-15/h6-9,17-18H,4-5,10-14H2,1-3H3,(H,21,23). The minimum absolute atomic E-state index is 0.0137. The number of methoxy groups -OCH3 is 1. The number of carbonyl (C=O) groups is 2. The first-order chi connectivity index (χ1) is 12.1. The predicted octanol–water partition coefficient (Wildman–Crippen LogP) is 2.64. The Morgan fingerprint density at radius 1 is 1.12 bits per heavy atom. The molecule has 138 valence electrons. The van der Waals surface area contributed by atoms with Gasteiger partial charge in [-0.25, -0.2) is 0 Å². The smallest absolute Gasteiger partial charge is 0.226 e. The van der Waals surface area contributed by atoms with E-state index in [9.17, 15) is 9.59 Å². The first kappa shape index (κ1) is 19.3. The lowest BCUT2D eigenvalue weighted by Gasteiger charge is -2.21. The predicted molar refractivity (Wildman–Crippen MR) is 98.5 cm³/mol. The number of ether oxygens (including phenoxy) is 1. The summed E-state index contributed by atoms with van der Waals surface area (Å²) in [7, 11) is 1.64. The average molecular weight is 346 g/mol. The van der Waals surface area contributed by atoms with Crippen LogP contribution in [0.5, 0.6) is 5.75 Å². The fourth-order valence-corrected chi connectivity index (χ4v) is 3.12. The molecule has 0 heterocycles. The Morgan fingerprint density at radius 2 is 1.76 bits per heavy atom. The molecule has 2 amide bonds. The van der Waals surface area contributed by atoms with Gasteiger partial charge in [0.15, 0.2) is 0 Å². The number of benzene rings is 1. The minimum atomic E-state index is -0.139. The minimum Gasteiger partial charge on any atom is -0.497 e. The summed E-state index contributed by atoms with van der Waals surface area (Å²) in [4.78, 5) is 26.6. The van der Waals surface area contributed by atoms with Crippen LogP contribution in [0.2, 0.25) is 0 Å². The van der Waals surface area contributed by atoms with E-state index in [2.05, 4.69) is 19.2 Å². The Kier molecular flexibility index (Phi) is 7.29. The number of hydrogen-bond donors (Lipinski definition) is 1. The van der Waals surface area contributed by atoms with Crippen LogP contribution in [0.4, 0.5) is 0 Å². The van der Waals surface area contributed by atoms with E-state index in [0.717, 1.165) is 43.7 Å². The summed E-state index contributed by atoms with van der Waals surface area (Å²) in [6.45, 7) is 6.32. The van der Waals surface area contributed by atoms with Gasteiger partial charge < -0.3 is 15.0 Å². The van der Waals surface area contributed by atoms with Crippen molar-refractivity contribution in [2.24, 2.45) is 11.8 Å². The molecular formula is C20H30N2O3. The van der Waals surface area contributed by atoms with Crippen molar-refractivity contribution in [2.75, 3.05) is 26.7 Å². The summed E-state index contributed by atoms with van der Waals surface area (Å²) in [5, 5.41) is 2.97. The van der Waals surface area contributed by atoms with Gasteiger partial charge in [0.05, 0.1) is 18.9 Å². The maximum Gasteiger partial charge on any atom is 0.226 e. The zero-order valence-corrected chi connectivity index (χ0v) is 15.6. The fraction of sp³-hybridized carbons (Fsp3) is 0.600. The van der Waals surface area contributed by atoms with E-state index in [-0.39, 0.29) is 23.7 Å². The third-order valence-electron chi connectivity index (χ3n) is 4.62. The molecule has 0 bridgehead atoms. The summed E-state index contributed by atoms with van der Waals surface area (Å²) < 4.78 is 5.13. The first-order valence-electron chi connectivity index (χ1n) is 9.30. The van der Waals surface area contributed by atoms with Crippen LogP contribution in [-0.4, -0.2) is 43.5 Å². The van der Waals surface area contributed by atoms with Gasteiger partial charge in [0, 0.05) is 19.6 Å². The molecule has 2 rings (SSSR count). The molecule has 5 heteroatoms. The van der Waals surface area contributed by atoms with E-state index in [4.69, 9.17) is 4.74 Å². The number of nitrogens with one attached hydrogen (secondary N) is 1. The number of carbonyl (C=O) groups excluding carboxylic acids is 2. The van der Waals surface area contributed by atoms with Gasteiger partial charge in [0.2, 0.25) is 11.8 Å². The van der Waals surface area contributed by atoms with Crippen LogP contribution in [0, 0.1) is 11.8 Å². The van der Waals surface area contributed by atoms with E-state index >= 15 is 0 Å². The molecular weight excluding hydrogens is 316 g/mol.